The lowest BCUT2D eigenvalue weighted by atomic mass is 9.97. The second-order valence-corrected chi connectivity index (χ2v) is 7.61. The molecule has 0 aliphatic carbocycles. The molecule has 0 fully saturated rings. The van der Waals surface area contributed by atoms with Crippen LogP contribution in [0.25, 0.3) is 11.1 Å². The summed E-state index contributed by atoms with van der Waals surface area (Å²) < 4.78 is 0. The summed E-state index contributed by atoms with van der Waals surface area (Å²) in [5, 5.41) is 12.6. The Morgan fingerprint density at radius 1 is 1.04 bits per heavy atom. The second-order valence-electron chi connectivity index (χ2n) is 7.24. The lowest BCUT2D eigenvalue weighted by Gasteiger charge is -2.21. The van der Waals surface area contributed by atoms with Gasteiger partial charge < -0.3 is 10.4 Å². The van der Waals surface area contributed by atoms with E-state index in [-0.39, 0.29) is 0 Å². The maximum atomic E-state index is 11.4. The molecule has 4 heteroatoms. The van der Waals surface area contributed by atoms with Crippen molar-refractivity contribution >= 4 is 18.6 Å². The minimum atomic E-state index is -0.774. The molecule has 0 saturated carbocycles. The van der Waals surface area contributed by atoms with Crippen molar-refractivity contribution < 1.29 is 9.90 Å². The van der Waals surface area contributed by atoms with Crippen LogP contribution in [0.5, 0.6) is 0 Å². The van der Waals surface area contributed by atoms with Gasteiger partial charge in [0.1, 0.15) is 6.04 Å². The number of rotatable bonds is 10. The number of hydrogen-bond acceptors (Lipinski definition) is 3. The quantitative estimate of drug-likeness (QED) is 0.538. The molecular weight excluding hydrogens is 342 g/mol. The van der Waals surface area contributed by atoms with Crippen molar-refractivity contribution in [3.63, 3.8) is 0 Å². The minimum absolute atomic E-state index is 0.301. The number of carboxylic acid groups (broad SMARTS) is 1. The minimum Gasteiger partial charge on any atom is -0.480 e. The molecule has 0 aromatic heterocycles. The topological polar surface area (TPSA) is 49.3 Å². The summed E-state index contributed by atoms with van der Waals surface area (Å²) in [6, 6.07) is 18.4. The summed E-state index contributed by atoms with van der Waals surface area (Å²) in [5.74, 6) is 0.601. The highest BCUT2D eigenvalue weighted by atomic mass is 32.1. The number of hydrogen-bond donors (Lipinski definition) is 3. The summed E-state index contributed by atoms with van der Waals surface area (Å²) in [7, 11) is 0. The van der Waals surface area contributed by atoms with Gasteiger partial charge in [0.15, 0.2) is 0 Å². The van der Waals surface area contributed by atoms with Gasteiger partial charge in [-0.2, -0.15) is 12.6 Å². The Morgan fingerprint density at radius 2 is 1.65 bits per heavy atom. The Hall–Kier alpha value is -1.78. The number of carboxylic acids is 1. The molecule has 0 amide bonds. The third-order valence-electron chi connectivity index (χ3n) is 4.50. The van der Waals surface area contributed by atoms with E-state index in [4.69, 9.17) is 0 Å². The summed E-state index contributed by atoms with van der Waals surface area (Å²) in [6.45, 7) is 4.75. The lowest BCUT2D eigenvalue weighted by Crippen LogP contribution is -2.41. The average Bonchev–Trinajstić information content (AvgIpc) is 2.64. The van der Waals surface area contributed by atoms with Crippen molar-refractivity contribution in [2.75, 3.05) is 12.3 Å². The zero-order valence-corrected chi connectivity index (χ0v) is 16.5. The summed E-state index contributed by atoms with van der Waals surface area (Å²) in [4.78, 5) is 11.4. The van der Waals surface area contributed by atoms with Crippen molar-refractivity contribution in [2.45, 2.75) is 32.7 Å². The van der Waals surface area contributed by atoms with Gasteiger partial charge in [-0.15, -0.1) is 0 Å². The predicted octanol–water partition coefficient (Wildman–Crippen LogP) is 4.53. The van der Waals surface area contributed by atoms with Crippen LogP contribution in [0.4, 0.5) is 0 Å². The molecule has 2 aromatic carbocycles. The first-order valence-corrected chi connectivity index (χ1v) is 9.84. The summed E-state index contributed by atoms with van der Waals surface area (Å²) in [5.41, 5.74) is 3.67. The third-order valence-corrected chi connectivity index (χ3v) is 5.02. The number of aliphatic carboxylic acids is 1. The van der Waals surface area contributed by atoms with E-state index in [9.17, 15) is 9.90 Å². The molecule has 0 saturated heterocycles. The number of nitrogens with one attached hydrogen (secondary N) is 1. The Morgan fingerprint density at radius 3 is 2.19 bits per heavy atom. The normalized spacial score (nSPS) is 13.5. The first kappa shape index (κ1) is 20.5. The van der Waals surface area contributed by atoms with Crippen LogP contribution in [0.3, 0.4) is 0 Å². The molecule has 0 heterocycles. The molecule has 0 spiro atoms. The number of thiol groups is 1. The van der Waals surface area contributed by atoms with Crippen LogP contribution in [-0.4, -0.2) is 29.4 Å². The van der Waals surface area contributed by atoms with Gasteiger partial charge in [-0.1, -0.05) is 68.4 Å². The highest BCUT2D eigenvalue weighted by Gasteiger charge is 2.19. The molecule has 2 atom stereocenters. The fourth-order valence-electron chi connectivity index (χ4n) is 3.05. The third kappa shape index (κ3) is 6.50. The Labute approximate surface area is 162 Å². The molecule has 1 unspecified atom stereocenters. The summed E-state index contributed by atoms with van der Waals surface area (Å²) >= 11 is 4.46. The standard InChI is InChI=1S/C22H29NO2S/c1-16(2)12-21(22(24)25)23-14-18(15-26)13-17-8-10-20(11-9-17)19-6-4-3-5-7-19/h3-11,16,18,21,23,26H,12-15H2,1-2H3,(H,24,25)/t18?,21-/m0/s1. The molecule has 2 aromatic rings. The van der Waals surface area contributed by atoms with Crippen molar-refractivity contribution in [1.82, 2.24) is 5.32 Å². The Bertz CT molecular complexity index is 670. The van der Waals surface area contributed by atoms with Gasteiger partial charge >= 0.3 is 5.97 Å². The fourth-order valence-corrected chi connectivity index (χ4v) is 3.31. The Kier molecular flexibility index (Phi) is 8.20. The van der Waals surface area contributed by atoms with Gasteiger partial charge in [-0.05, 0) is 53.7 Å². The van der Waals surface area contributed by atoms with E-state index in [2.05, 4.69) is 54.3 Å². The largest absolute Gasteiger partial charge is 0.480 e. The highest BCUT2D eigenvalue weighted by Crippen LogP contribution is 2.20. The van der Waals surface area contributed by atoms with Gasteiger partial charge in [-0.3, -0.25) is 4.79 Å². The molecule has 0 aliphatic heterocycles. The van der Waals surface area contributed by atoms with Crippen molar-refractivity contribution in [3.8, 4) is 11.1 Å². The maximum absolute atomic E-state index is 11.4. The van der Waals surface area contributed by atoms with E-state index in [0.29, 0.717) is 24.8 Å². The summed E-state index contributed by atoms with van der Waals surface area (Å²) in [6.07, 6.45) is 1.53. The zero-order chi connectivity index (χ0) is 18.9. The van der Waals surface area contributed by atoms with Gasteiger partial charge in [0, 0.05) is 0 Å². The zero-order valence-electron chi connectivity index (χ0n) is 15.6. The SMILES string of the molecule is CC(C)C[C@H](NCC(CS)Cc1ccc(-c2ccccc2)cc1)C(=O)O. The first-order chi connectivity index (χ1) is 12.5. The van der Waals surface area contributed by atoms with Gasteiger partial charge in [0.2, 0.25) is 0 Å². The van der Waals surface area contributed by atoms with E-state index in [1.54, 1.807) is 0 Å². The second kappa shape index (κ2) is 10.4. The first-order valence-electron chi connectivity index (χ1n) is 9.21. The highest BCUT2D eigenvalue weighted by molar-refractivity contribution is 7.80. The van der Waals surface area contributed by atoms with Crippen LogP contribution in [0.15, 0.2) is 54.6 Å². The van der Waals surface area contributed by atoms with Crippen molar-refractivity contribution in [3.05, 3.63) is 60.2 Å². The molecule has 2 N–H and O–H groups in total. The smallest absolute Gasteiger partial charge is 0.320 e. The van der Waals surface area contributed by atoms with Crippen LogP contribution in [0, 0.1) is 11.8 Å². The van der Waals surface area contributed by atoms with Crippen LogP contribution in [-0.2, 0) is 11.2 Å². The molecule has 0 radical (unpaired) electrons. The molecule has 26 heavy (non-hydrogen) atoms. The van der Waals surface area contributed by atoms with Gasteiger partial charge in [0.05, 0.1) is 0 Å². The van der Waals surface area contributed by atoms with E-state index in [1.165, 1.54) is 16.7 Å². The lowest BCUT2D eigenvalue weighted by molar-refractivity contribution is -0.139. The number of carbonyl (C=O) groups is 1. The average molecular weight is 372 g/mol. The van der Waals surface area contributed by atoms with Crippen LogP contribution in [0.2, 0.25) is 0 Å². The maximum Gasteiger partial charge on any atom is 0.320 e. The van der Waals surface area contributed by atoms with E-state index in [0.717, 1.165) is 12.2 Å². The monoisotopic (exact) mass is 371 g/mol. The van der Waals surface area contributed by atoms with Gasteiger partial charge in [0.25, 0.3) is 0 Å². The van der Waals surface area contributed by atoms with E-state index < -0.39 is 12.0 Å². The molecular formula is C22H29NO2S. The fraction of sp³-hybridized carbons (Fsp3) is 0.409. The molecule has 3 nitrogen and oxygen atoms in total. The van der Waals surface area contributed by atoms with Crippen LogP contribution in [0.1, 0.15) is 25.8 Å². The van der Waals surface area contributed by atoms with E-state index >= 15 is 0 Å². The molecule has 0 bridgehead atoms. The van der Waals surface area contributed by atoms with Gasteiger partial charge in [-0.25, -0.2) is 0 Å². The molecule has 140 valence electrons. The van der Waals surface area contributed by atoms with Crippen LogP contribution >= 0.6 is 12.6 Å². The molecule has 2 rings (SSSR count). The Balaban J connectivity index is 1.93. The van der Waals surface area contributed by atoms with Crippen LogP contribution < -0.4 is 5.32 Å². The van der Waals surface area contributed by atoms with E-state index in [1.807, 2.05) is 32.0 Å². The van der Waals surface area contributed by atoms with Crippen molar-refractivity contribution in [1.29, 1.82) is 0 Å². The predicted molar refractivity (Wildman–Crippen MR) is 112 cm³/mol. The number of benzene rings is 2. The van der Waals surface area contributed by atoms with Crippen molar-refractivity contribution in [2.24, 2.45) is 11.8 Å². The molecule has 0 aliphatic rings.